The van der Waals surface area contributed by atoms with Gasteiger partial charge in [-0.05, 0) is 12.8 Å². The number of nitrogens with zero attached hydrogens (tertiary/aromatic N) is 1. The fourth-order valence-electron chi connectivity index (χ4n) is 2.06. The molecule has 0 saturated carbocycles. The van der Waals surface area contributed by atoms with Crippen LogP contribution in [0.3, 0.4) is 0 Å². The molecule has 2 amide bonds. The summed E-state index contributed by atoms with van der Waals surface area (Å²) in [6, 6.07) is 0.0343. The van der Waals surface area contributed by atoms with Crippen molar-refractivity contribution in [1.29, 1.82) is 0 Å². The highest BCUT2D eigenvalue weighted by Gasteiger charge is 2.28. The fourth-order valence-corrected chi connectivity index (χ4v) is 2.06. The zero-order valence-electron chi connectivity index (χ0n) is 12.3. The summed E-state index contributed by atoms with van der Waals surface area (Å²) in [4.78, 5) is 24.8. The average molecular weight is 309 g/mol. The number of alkyl halides is 3. The van der Waals surface area contributed by atoms with E-state index in [1.54, 1.807) is 13.8 Å². The number of likely N-dealkylation sites (tertiary alicyclic amines) is 1. The molecule has 21 heavy (non-hydrogen) atoms. The minimum atomic E-state index is -4.31. The smallest absolute Gasteiger partial charge is 0.353 e. The highest BCUT2D eigenvalue weighted by atomic mass is 19.4. The van der Waals surface area contributed by atoms with Crippen LogP contribution in [0.1, 0.15) is 26.7 Å². The lowest BCUT2D eigenvalue weighted by Crippen LogP contribution is -2.49. The van der Waals surface area contributed by atoms with Gasteiger partial charge in [0.25, 0.3) is 0 Å². The third kappa shape index (κ3) is 6.79. The lowest BCUT2D eigenvalue weighted by atomic mass is 10.0. The Hall–Kier alpha value is -1.31. The Bertz CT molecular complexity index is 364. The van der Waals surface area contributed by atoms with E-state index in [1.165, 1.54) is 4.90 Å². The molecule has 0 atom stereocenters. The number of hydrogen-bond acceptors (Lipinski definition) is 3. The first-order valence-electron chi connectivity index (χ1n) is 7.04. The summed E-state index contributed by atoms with van der Waals surface area (Å²) in [5.74, 6) is -0.448. The van der Waals surface area contributed by atoms with Crippen molar-refractivity contribution in [2.75, 3.05) is 26.2 Å². The molecule has 1 rings (SSSR count). The van der Waals surface area contributed by atoms with E-state index in [4.69, 9.17) is 0 Å². The topological polar surface area (TPSA) is 61.4 Å². The van der Waals surface area contributed by atoms with Crippen LogP contribution in [-0.4, -0.2) is 55.1 Å². The second-order valence-corrected chi connectivity index (χ2v) is 5.54. The monoisotopic (exact) mass is 309 g/mol. The molecule has 0 spiro atoms. The second kappa shape index (κ2) is 7.63. The standard InChI is InChI=1S/C13H22F3N3O2/c1-9(2)12(21)18-10-3-5-19(6-4-10)11(20)7-17-8-13(14,15)16/h9-10,17H,3-8H2,1-2H3,(H,18,21). The zero-order valence-corrected chi connectivity index (χ0v) is 12.3. The van der Waals surface area contributed by atoms with Gasteiger partial charge in [0.2, 0.25) is 11.8 Å². The van der Waals surface area contributed by atoms with Crippen LogP contribution >= 0.6 is 0 Å². The lowest BCUT2D eigenvalue weighted by Gasteiger charge is -2.32. The Morgan fingerprint density at radius 3 is 2.29 bits per heavy atom. The van der Waals surface area contributed by atoms with Gasteiger partial charge in [-0.3, -0.25) is 9.59 Å². The van der Waals surface area contributed by atoms with Gasteiger partial charge in [-0.2, -0.15) is 13.2 Å². The summed E-state index contributed by atoms with van der Waals surface area (Å²) in [6.45, 7) is 3.04. The molecule has 5 nitrogen and oxygen atoms in total. The van der Waals surface area contributed by atoms with E-state index in [9.17, 15) is 22.8 Å². The van der Waals surface area contributed by atoms with E-state index in [2.05, 4.69) is 10.6 Å². The summed E-state index contributed by atoms with van der Waals surface area (Å²) in [5, 5.41) is 4.99. The molecule has 2 N–H and O–H groups in total. The molecule has 0 aromatic carbocycles. The van der Waals surface area contributed by atoms with Gasteiger partial charge in [-0.25, -0.2) is 0 Å². The summed E-state index contributed by atoms with van der Waals surface area (Å²) >= 11 is 0. The van der Waals surface area contributed by atoms with Crippen LogP contribution in [-0.2, 0) is 9.59 Å². The normalized spacial score (nSPS) is 17.1. The Kier molecular flexibility index (Phi) is 6.44. The third-order valence-electron chi connectivity index (χ3n) is 3.32. The Balaban J connectivity index is 2.26. The maximum atomic E-state index is 12.0. The molecule has 1 heterocycles. The minimum absolute atomic E-state index is 0.0216. The van der Waals surface area contributed by atoms with Gasteiger partial charge in [0, 0.05) is 25.0 Å². The number of carbonyl (C=O) groups excluding carboxylic acids is 2. The van der Waals surface area contributed by atoms with Crippen LogP contribution < -0.4 is 10.6 Å². The Morgan fingerprint density at radius 2 is 1.81 bits per heavy atom. The summed E-state index contributed by atoms with van der Waals surface area (Å²) in [5.41, 5.74) is 0. The second-order valence-electron chi connectivity index (χ2n) is 5.54. The van der Waals surface area contributed by atoms with E-state index < -0.39 is 12.7 Å². The number of rotatable bonds is 5. The number of hydrogen-bond donors (Lipinski definition) is 2. The molecular formula is C13H22F3N3O2. The maximum Gasteiger partial charge on any atom is 0.401 e. The van der Waals surface area contributed by atoms with E-state index in [-0.39, 0.29) is 30.3 Å². The Morgan fingerprint density at radius 1 is 1.24 bits per heavy atom. The average Bonchev–Trinajstić information content (AvgIpc) is 2.37. The molecular weight excluding hydrogens is 287 g/mol. The predicted octanol–water partition coefficient (Wildman–Crippen LogP) is 0.901. The van der Waals surface area contributed by atoms with Crippen LogP contribution in [0.4, 0.5) is 13.2 Å². The lowest BCUT2D eigenvalue weighted by molar-refractivity contribution is -0.135. The summed E-state index contributed by atoms with van der Waals surface area (Å²) in [7, 11) is 0. The Labute approximate surface area is 122 Å². The number of halogens is 3. The van der Waals surface area contributed by atoms with Gasteiger partial charge < -0.3 is 15.5 Å². The molecule has 0 unspecified atom stereocenters. The van der Waals surface area contributed by atoms with Crippen LogP contribution in [0, 0.1) is 5.92 Å². The first kappa shape index (κ1) is 17.7. The highest BCUT2D eigenvalue weighted by Crippen LogP contribution is 2.13. The maximum absolute atomic E-state index is 12.0. The van der Waals surface area contributed by atoms with E-state index in [1.807, 2.05) is 0 Å². The number of piperidine rings is 1. The first-order valence-corrected chi connectivity index (χ1v) is 7.04. The predicted molar refractivity (Wildman–Crippen MR) is 71.5 cm³/mol. The van der Waals surface area contributed by atoms with E-state index >= 15 is 0 Å². The van der Waals surface area contributed by atoms with E-state index in [0.717, 1.165) is 0 Å². The van der Waals surface area contributed by atoms with Crippen molar-refractivity contribution in [3.63, 3.8) is 0 Å². The SMILES string of the molecule is CC(C)C(=O)NC1CCN(C(=O)CNCC(F)(F)F)CC1. The quantitative estimate of drug-likeness (QED) is 0.793. The van der Waals surface area contributed by atoms with Crippen molar-refractivity contribution >= 4 is 11.8 Å². The van der Waals surface area contributed by atoms with Crippen molar-refractivity contribution in [3.8, 4) is 0 Å². The third-order valence-corrected chi connectivity index (χ3v) is 3.32. The molecule has 0 bridgehead atoms. The molecule has 1 fully saturated rings. The van der Waals surface area contributed by atoms with Crippen molar-refractivity contribution in [2.45, 2.75) is 38.9 Å². The summed E-state index contributed by atoms with van der Waals surface area (Å²) in [6.07, 6.45) is -3.05. The van der Waals surface area contributed by atoms with Gasteiger partial charge >= 0.3 is 6.18 Å². The molecule has 1 aliphatic heterocycles. The van der Waals surface area contributed by atoms with Gasteiger partial charge in [0.1, 0.15) is 0 Å². The van der Waals surface area contributed by atoms with E-state index in [0.29, 0.717) is 25.9 Å². The van der Waals surface area contributed by atoms with Crippen LogP contribution in [0.25, 0.3) is 0 Å². The van der Waals surface area contributed by atoms with Gasteiger partial charge in [0.15, 0.2) is 0 Å². The molecule has 1 saturated heterocycles. The van der Waals surface area contributed by atoms with Crippen molar-refractivity contribution in [3.05, 3.63) is 0 Å². The molecule has 122 valence electrons. The number of carbonyl (C=O) groups is 2. The first-order chi connectivity index (χ1) is 9.69. The molecule has 8 heteroatoms. The fraction of sp³-hybridized carbons (Fsp3) is 0.846. The van der Waals surface area contributed by atoms with Gasteiger partial charge in [-0.1, -0.05) is 13.8 Å². The van der Waals surface area contributed by atoms with Crippen molar-refractivity contribution in [2.24, 2.45) is 5.92 Å². The van der Waals surface area contributed by atoms with Crippen LogP contribution in [0.2, 0.25) is 0 Å². The number of amides is 2. The van der Waals surface area contributed by atoms with Crippen molar-refractivity contribution < 1.29 is 22.8 Å². The molecule has 0 aromatic heterocycles. The van der Waals surface area contributed by atoms with Gasteiger partial charge in [-0.15, -0.1) is 0 Å². The van der Waals surface area contributed by atoms with Gasteiger partial charge in [0.05, 0.1) is 13.1 Å². The molecule has 0 radical (unpaired) electrons. The number of nitrogens with one attached hydrogen (secondary N) is 2. The largest absolute Gasteiger partial charge is 0.401 e. The molecule has 1 aliphatic rings. The van der Waals surface area contributed by atoms with Crippen LogP contribution in [0.15, 0.2) is 0 Å². The zero-order chi connectivity index (χ0) is 16.0. The molecule has 0 aliphatic carbocycles. The highest BCUT2D eigenvalue weighted by molar-refractivity contribution is 5.79. The summed E-state index contributed by atoms with van der Waals surface area (Å²) < 4.78 is 35.9. The van der Waals surface area contributed by atoms with Crippen molar-refractivity contribution in [1.82, 2.24) is 15.5 Å². The molecule has 0 aromatic rings. The minimum Gasteiger partial charge on any atom is -0.353 e. The van der Waals surface area contributed by atoms with Crippen LogP contribution in [0.5, 0.6) is 0 Å².